The molecular weight excluding hydrogens is 300 g/mol. The lowest BCUT2D eigenvalue weighted by molar-refractivity contribution is 0.0686. The Hall–Kier alpha value is -1.64. The second-order valence-electron chi connectivity index (χ2n) is 4.38. The Balaban J connectivity index is 2.27. The minimum atomic E-state index is -3.75. The SMILES string of the molecule is CC(NS(=O)(=O)c1cc(C(=O)O)n(C)c1)c1ccsc1. The number of thiophene rings is 1. The lowest BCUT2D eigenvalue weighted by Crippen LogP contribution is -2.26. The smallest absolute Gasteiger partial charge is 0.352 e. The fraction of sp³-hybridized carbons (Fsp3) is 0.250. The van der Waals surface area contributed by atoms with Gasteiger partial charge in [0.15, 0.2) is 0 Å². The van der Waals surface area contributed by atoms with Gasteiger partial charge in [-0.3, -0.25) is 0 Å². The zero-order valence-electron chi connectivity index (χ0n) is 10.9. The topological polar surface area (TPSA) is 88.4 Å². The van der Waals surface area contributed by atoms with Gasteiger partial charge in [-0.25, -0.2) is 17.9 Å². The molecule has 8 heteroatoms. The number of hydrogen-bond acceptors (Lipinski definition) is 4. The number of hydrogen-bond donors (Lipinski definition) is 2. The molecule has 0 saturated heterocycles. The van der Waals surface area contributed by atoms with Crippen LogP contribution in [0.3, 0.4) is 0 Å². The van der Waals surface area contributed by atoms with Gasteiger partial charge < -0.3 is 9.67 Å². The van der Waals surface area contributed by atoms with Crippen molar-refractivity contribution in [2.75, 3.05) is 0 Å². The van der Waals surface area contributed by atoms with Crippen molar-refractivity contribution in [3.8, 4) is 0 Å². The van der Waals surface area contributed by atoms with Crippen LogP contribution in [-0.2, 0) is 17.1 Å². The summed E-state index contributed by atoms with van der Waals surface area (Å²) in [4.78, 5) is 10.9. The van der Waals surface area contributed by atoms with E-state index in [0.29, 0.717) is 0 Å². The van der Waals surface area contributed by atoms with Crippen LogP contribution < -0.4 is 4.72 Å². The molecule has 0 saturated carbocycles. The van der Waals surface area contributed by atoms with Crippen LogP contribution in [0.5, 0.6) is 0 Å². The molecule has 2 heterocycles. The van der Waals surface area contributed by atoms with E-state index in [1.807, 2.05) is 16.8 Å². The van der Waals surface area contributed by atoms with Crippen LogP contribution in [0.15, 0.2) is 34.0 Å². The Labute approximate surface area is 120 Å². The number of aromatic nitrogens is 1. The molecule has 0 aliphatic heterocycles. The van der Waals surface area contributed by atoms with Crippen molar-refractivity contribution in [2.24, 2.45) is 7.05 Å². The summed E-state index contributed by atoms with van der Waals surface area (Å²) in [5, 5.41) is 12.7. The van der Waals surface area contributed by atoms with E-state index in [-0.39, 0.29) is 16.6 Å². The van der Waals surface area contributed by atoms with Crippen LogP contribution in [-0.4, -0.2) is 24.1 Å². The van der Waals surface area contributed by atoms with Crippen LogP contribution in [0.1, 0.15) is 29.0 Å². The second-order valence-corrected chi connectivity index (χ2v) is 6.87. The maximum atomic E-state index is 12.2. The largest absolute Gasteiger partial charge is 0.477 e. The average Bonchev–Trinajstić information content (AvgIpc) is 2.96. The first-order chi connectivity index (χ1) is 9.31. The third-order valence-corrected chi connectivity index (χ3v) is 5.09. The molecule has 0 aliphatic rings. The molecule has 0 amide bonds. The van der Waals surface area contributed by atoms with E-state index in [1.165, 1.54) is 29.1 Å². The van der Waals surface area contributed by atoms with Gasteiger partial charge in [0, 0.05) is 19.3 Å². The van der Waals surface area contributed by atoms with Gasteiger partial charge in [0.1, 0.15) is 10.6 Å². The van der Waals surface area contributed by atoms with Crippen molar-refractivity contribution in [1.29, 1.82) is 0 Å². The molecule has 0 radical (unpaired) electrons. The zero-order valence-corrected chi connectivity index (χ0v) is 12.5. The second kappa shape index (κ2) is 5.39. The van der Waals surface area contributed by atoms with Gasteiger partial charge in [0.2, 0.25) is 10.0 Å². The van der Waals surface area contributed by atoms with Gasteiger partial charge in [-0.2, -0.15) is 11.3 Å². The Morgan fingerprint density at radius 2 is 2.20 bits per heavy atom. The van der Waals surface area contributed by atoms with Crippen LogP contribution in [0.2, 0.25) is 0 Å². The highest BCUT2D eigenvalue weighted by Crippen LogP contribution is 2.20. The van der Waals surface area contributed by atoms with Gasteiger partial charge >= 0.3 is 5.97 Å². The molecular formula is C12H14N2O4S2. The van der Waals surface area contributed by atoms with Gasteiger partial charge in [-0.15, -0.1) is 0 Å². The van der Waals surface area contributed by atoms with Crippen molar-refractivity contribution < 1.29 is 18.3 Å². The summed E-state index contributed by atoms with van der Waals surface area (Å²) in [6.45, 7) is 1.74. The normalized spacial score (nSPS) is 13.3. The third-order valence-electron chi connectivity index (χ3n) is 2.88. The van der Waals surface area contributed by atoms with Crippen molar-refractivity contribution in [3.05, 3.63) is 40.3 Å². The van der Waals surface area contributed by atoms with Crippen molar-refractivity contribution >= 4 is 27.3 Å². The van der Waals surface area contributed by atoms with E-state index in [1.54, 1.807) is 6.92 Å². The number of sulfonamides is 1. The lowest BCUT2D eigenvalue weighted by atomic mass is 10.2. The van der Waals surface area contributed by atoms with E-state index < -0.39 is 16.0 Å². The molecule has 1 atom stereocenters. The van der Waals surface area contributed by atoms with Crippen LogP contribution in [0.25, 0.3) is 0 Å². The molecule has 0 aliphatic carbocycles. The number of carboxylic acid groups (broad SMARTS) is 1. The molecule has 0 aromatic carbocycles. The summed E-state index contributed by atoms with van der Waals surface area (Å²) >= 11 is 1.48. The van der Waals surface area contributed by atoms with Crippen LogP contribution >= 0.6 is 11.3 Å². The van der Waals surface area contributed by atoms with E-state index in [0.717, 1.165) is 11.6 Å². The molecule has 2 aromatic rings. The van der Waals surface area contributed by atoms with Gasteiger partial charge in [-0.05, 0) is 35.4 Å². The van der Waals surface area contributed by atoms with Crippen LogP contribution in [0.4, 0.5) is 0 Å². The highest BCUT2D eigenvalue weighted by atomic mass is 32.2. The summed E-state index contributed by atoms with van der Waals surface area (Å²) in [6, 6.07) is 2.61. The highest BCUT2D eigenvalue weighted by molar-refractivity contribution is 7.89. The molecule has 0 spiro atoms. The fourth-order valence-electron chi connectivity index (χ4n) is 1.78. The Kier molecular flexibility index (Phi) is 3.98. The number of carboxylic acids is 1. The average molecular weight is 314 g/mol. The summed E-state index contributed by atoms with van der Waals surface area (Å²) in [7, 11) is -2.26. The van der Waals surface area contributed by atoms with E-state index in [4.69, 9.17) is 5.11 Å². The van der Waals surface area contributed by atoms with Gasteiger partial charge in [0.25, 0.3) is 0 Å². The number of aryl methyl sites for hydroxylation is 1. The number of aromatic carboxylic acids is 1. The summed E-state index contributed by atoms with van der Waals surface area (Å²) in [6.07, 6.45) is 1.28. The maximum absolute atomic E-state index is 12.2. The monoisotopic (exact) mass is 314 g/mol. The van der Waals surface area contributed by atoms with E-state index in [2.05, 4.69) is 4.72 Å². The Morgan fingerprint density at radius 3 is 2.70 bits per heavy atom. The quantitative estimate of drug-likeness (QED) is 0.881. The van der Waals surface area contributed by atoms with Crippen molar-refractivity contribution in [1.82, 2.24) is 9.29 Å². The molecule has 0 bridgehead atoms. The number of carbonyl (C=O) groups is 1. The van der Waals surface area contributed by atoms with Crippen molar-refractivity contribution in [2.45, 2.75) is 17.9 Å². The maximum Gasteiger partial charge on any atom is 0.352 e. The first-order valence-corrected chi connectivity index (χ1v) is 8.18. The van der Waals surface area contributed by atoms with E-state index >= 15 is 0 Å². The minimum Gasteiger partial charge on any atom is -0.477 e. The van der Waals surface area contributed by atoms with Crippen LogP contribution in [0, 0.1) is 0 Å². The summed E-state index contributed by atoms with van der Waals surface area (Å²) in [5.74, 6) is -1.17. The molecule has 2 N–H and O–H groups in total. The number of rotatable bonds is 5. The number of nitrogens with one attached hydrogen (secondary N) is 1. The first-order valence-electron chi connectivity index (χ1n) is 5.75. The fourth-order valence-corrected chi connectivity index (χ4v) is 3.84. The Morgan fingerprint density at radius 1 is 1.50 bits per heavy atom. The number of nitrogens with zero attached hydrogens (tertiary/aromatic N) is 1. The van der Waals surface area contributed by atoms with Crippen molar-refractivity contribution in [3.63, 3.8) is 0 Å². The minimum absolute atomic E-state index is 0.0560. The van der Waals surface area contributed by atoms with E-state index in [9.17, 15) is 13.2 Å². The zero-order chi connectivity index (χ0) is 14.9. The van der Waals surface area contributed by atoms with Gasteiger partial charge in [0.05, 0.1) is 0 Å². The molecule has 108 valence electrons. The molecule has 1 unspecified atom stereocenters. The molecule has 6 nitrogen and oxygen atoms in total. The predicted molar refractivity (Wildman–Crippen MR) is 75.4 cm³/mol. The van der Waals surface area contributed by atoms with Gasteiger partial charge in [-0.1, -0.05) is 0 Å². The summed E-state index contributed by atoms with van der Waals surface area (Å²) < 4.78 is 28.2. The summed E-state index contributed by atoms with van der Waals surface area (Å²) in [5.41, 5.74) is 0.793. The Bertz CT molecular complexity index is 717. The molecule has 2 aromatic heterocycles. The molecule has 0 fully saturated rings. The highest BCUT2D eigenvalue weighted by Gasteiger charge is 2.22. The molecule has 20 heavy (non-hydrogen) atoms. The predicted octanol–water partition coefficient (Wildman–Crippen LogP) is 1.82. The first kappa shape index (κ1) is 14.8. The third kappa shape index (κ3) is 2.92. The standard InChI is InChI=1S/C12H14N2O4S2/c1-8(9-3-4-19-7-9)13-20(17,18)10-5-11(12(15)16)14(2)6-10/h3-8,13H,1-2H3,(H,15,16). The lowest BCUT2D eigenvalue weighted by Gasteiger charge is -2.11. The molecule has 2 rings (SSSR count).